The molecule has 0 radical (unpaired) electrons. The molecule has 2 rings (SSSR count). The molecule has 1 atom stereocenters. The predicted molar refractivity (Wildman–Crippen MR) is 48.3 cm³/mol. The third-order valence-corrected chi connectivity index (χ3v) is 1.89. The molecule has 0 bridgehead atoms. The molecule has 2 heterocycles. The van der Waals surface area contributed by atoms with Crippen molar-refractivity contribution in [1.82, 2.24) is 20.0 Å². The van der Waals surface area contributed by atoms with Crippen LogP contribution in [0.3, 0.4) is 0 Å². The largest absolute Gasteiger partial charge is 0.449 e. The van der Waals surface area contributed by atoms with Gasteiger partial charge in [-0.3, -0.25) is 4.68 Å². The summed E-state index contributed by atoms with van der Waals surface area (Å²) in [5, 5.41) is 7.71. The average molecular weight is 193 g/mol. The highest BCUT2D eigenvalue weighted by molar-refractivity contribution is 5.15. The van der Waals surface area contributed by atoms with Crippen LogP contribution in [-0.4, -0.2) is 20.0 Å². The van der Waals surface area contributed by atoms with E-state index in [9.17, 15) is 0 Å². The van der Waals surface area contributed by atoms with Gasteiger partial charge in [0, 0.05) is 14.0 Å². The van der Waals surface area contributed by atoms with E-state index in [1.165, 1.54) is 6.26 Å². The standard InChI is InChI=1S/C8H11N5O/c1-5-10-7(4-14-5)8(9)6-3-13(2)12-11-6/h3-4,8H,9H2,1-2H3. The van der Waals surface area contributed by atoms with Gasteiger partial charge in [0.25, 0.3) is 0 Å². The molecule has 14 heavy (non-hydrogen) atoms. The van der Waals surface area contributed by atoms with Crippen LogP contribution in [0.1, 0.15) is 23.3 Å². The second-order valence-electron chi connectivity index (χ2n) is 3.09. The summed E-state index contributed by atoms with van der Waals surface area (Å²) in [6, 6.07) is -0.374. The lowest BCUT2D eigenvalue weighted by atomic mass is 10.2. The monoisotopic (exact) mass is 193 g/mol. The van der Waals surface area contributed by atoms with Gasteiger partial charge in [-0.05, 0) is 0 Å². The highest BCUT2D eigenvalue weighted by Crippen LogP contribution is 2.15. The highest BCUT2D eigenvalue weighted by atomic mass is 16.3. The smallest absolute Gasteiger partial charge is 0.191 e. The van der Waals surface area contributed by atoms with Crippen molar-refractivity contribution in [3.63, 3.8) is 0 Å². The topological polar surface area (TPSA) is 82.8 Å². The maximum absolute atomic E-state index is 5.90. The molecule has 0 fully saturated rings. The zero-order valence-corrected chi connectivity index (χ0v) is 8.01. The van der Waals surface area contributed by atoms with Gasteiger partial charge in [-0.25, -0.2) is 4.98 Å². The molecule has 0 aromatic carbocycles. The van der Waals surface area contributed by atoms with Gasteiger partial charge in [-0.2, -0.15) is 0 Å². The van der Waals surface area contributed by atoms with Gasteiger partial charge in [0.1, 0.15) is 17.7 Å². The van der Waals surface area contributed by atoms with Crippen LogP contribution in [-0.2, 0) is 7.05 Å². The molecule has 6 nitrogen and oxygen atoms in total. The van der Waals surface area contributed by atoms with Crippen LogP contribution in [0.2, 0.25) is 0 Å². The van der Waals surface area contributed by atoms with E-state index in [-0.39, 0.29) is 6.04 Å². The summed E-state index contributed by atoms with van der Waals surface area (Å²) in [4.78, 5) is 4.13. The van der Waals surface area contributed by atoms with Crippen molar-refractivity contribution in [3.05, 3.63) is 29.7 Å². The Morgan fingerprint density at radius 3 is 2.79 bits per heavy atom. The van der Waals surface area contributed by atoms with Gasteiger partial charge in [0.15, 0.2) is 5.89 Å². The minimum atomic E-state index is -0.374. The van der Waals surface area contributed by atoms with Crippen molar-refractivity contribution < 1.29 is 4.42 Å². The van der Waals surface area contributed by atoms with E-state index in [2.05, 4.69) is 15.3 Å². The van der Waals surface area contributed by atoms with E-state index in [1.807, 2.05) is 0 Å². The van der Waals surface area contributed by atoms with Crippen LogP contribution in [0.5, 0.6) is 0 Å². The van der Waals surface area contributed by atoms with Gasteiger partial charge in [-0.15, -0.1) is 5.10 Å². The predicted octanol–water partition coefficient (Wildman–Crippen LogP) is 0.160. The van der Waals surface area contributed by atoms with Gasteiger partial charge in [-0.1, -0.05) is 5.21 Å². The molecule has 0 aliphatic rings. The molecule has 0 saturated heterocycles. The molecule has 2 aromatic heterocycles. The first kappa shape index (κ1) is 8.89. The Kier molecular flexibility index (Phi) is 2.05. The SMILES string of the molecule is Cc1nc(C(N)c2cn(C)nn2)co1. The summed E-state index contributed by atoms with van der Waals surface area (Å²) < 4.78 is 6.67. The van der Waals surface area contributed by atoms with E-state index in [0.29, 0.717) is 17.3 Å². The summed E-state index contributed by atoms with van der Waals surface area (Å²) in [7, 11) is 1.79. The van der Waals surface area contributed by atoms with Crippen molar-refractivity contribution >= 4 is 0 Å². The average Bonchev–Trinajstić information content (AvgIpc) is 2.73. The number of rotatable bonds is 2. The normalized spacial score (nSPS) is 13.1. The first-order chi connectivity index (χ1) is 6.66. The lowest BCUT2D eigenvalue weighted by Crippen LogP contribution is -2.12. The molecule has 74 valence electrons. The summed E-state index contributed by atoms with van der Waals surface area (Å²) in [5.41, 5.74) is 7.26. The van der Waals surface area contributed by atoms with Crippen LogP contribution in [0.4, 0.5) is 0 Å². The quantitative estimate of drug-likeness (QED) is 0.734. The summed E-state index contributed by atoms with van der Waals surface area (Å²) in [6.07, 6.45) is 3.30. The molecule has 0 aliphatic heterocycles. The molecule has 0 saturated carbocycles. The molecule has 1 unspecified atom stereocenters. The lowest BCUT2D eigenvalue weighted by molar-refractivity contribution is 0.520. The van der Waals surface area contributed by atoms with Crippen molar-refractivity contribution in [2.45, 2.75) is 13.0 Å². The van der Waals surface area contributed by atoms with Crippen molar-refractivity contribution in [3.8, 4) is 0 Å². The number of nitrogens with zero attached hydrogens (tertiary/aromatic N) is 4. The van der Waals surface area contributed by atoms with Crippen LogP contribution in [0, 0.1) is 6.92 Å². The number of aromatic nitrogens is 4. The number of aryl methyl sites for hydroxylation is 2. The fourth-order valence-electron chi connectivity index (χ4n) is 1.18. The van der Waals surface area contributed by atoms with Gasteiger partial charge in [0.2, 0.25) is 0 Å². The van der Waals surface area contributed by atoms with E-state index in [4.69, 9.17) is 10.2 Å². The zero-order valence-electron chi connectivity index (χ0n) is 8.01. The van der Waals surface area contributed by atoms with E-state index >= 15 is 0 Å². The molecular weight excluding hydrogens is 182 g/mol. The van der Waals surface area contributed by atoms with E-state index in [1.54, 1.807) is 24.9 Å². The Morgan fingerprint density at radius 2 is 2.29 bits per heavy atom. The van der Waals surface area contributed by atoms with Crippen molar-refractivity contribution in [1.29, 1.82) is 0 Å². The van der Waals surface area contributed by atoms with E-state index < -0.39 is 0 Å². The molecule has 6 heteroatoms. The highest BCUT2D eigenvalue weighted by Gasteiger charge is 2.15. The first-order valence-corrected chi connectivity index (χ1v) is 4.20. The Bertz CT molecular complexity index is 392. The molecule has 0 aliphatic carbocycles. The minimum Gasteiger partial charge on any atom is -0.449 e. The van der Waals surface area contributed by atoms with Crippen LogP contribution in [0.25, 0.3) is 0 Å². The summed E-state index contributed by atoms with van der Waals surface area (Å²) in [6.45, 7) is 1.77. The molecule has 0 amide bonds. The first-order valence-electron chi connectivity index (χ1n) is 4.20. The van der Waals surface area contributed by atoms with E-state index in [0.717, 1.165) is 0 Å². The molecule has 0 spiro atoms. The van der Waals surface area contributed by atoms with Crippen molar-refractivity contribution in [2.75, 3.05) is 0 Å². The number of nitrogens with two attached hydrogens (primary N) is 1. The second-order valence-corrected chi connectivity index (χ2v) is 3.09. The number of hydrogen-bond acceptors (Lipinski definition) is 5. The third kappa shape index (κ3) is 1.51. The second kappa shape index (κ2) is 3.22. The Balaban J connectivity index is 2.28. The van der Waals surface area contributed by atoms with Gasteiger partial charge in [0.05, 0.1) is 12.2 Å². The van der Waals surface area contributed by atoms with Crippen LogP contribution in [0.15, 0.2) is 16.9 Å². The maximum Gasteiger partial charge on any atom is 0.191 e. The minimum absolute atomic E-state index is 0.374. The number of oxazole rings is 1. The lowest BCUT2D eigenvalue weighted by Gasteiger charge is -2.01. The zero-order chi connectivity index (χ0) is 10.1. The Labute approximate surface area is 80.7 Å². The van der Waals surface area contributed by atoms with Crippen molar-refractivity contribution in [2.24, 2.45) is 12.8 Å². The Morgan fingerprint density at radius 1 is 1.50 bits per heavy atom. The van der Waals surface area contributed by atoms with Crippen LogP contribution < -0.4 is 5.73 Å². The summed E-state index contributed by atoms with van der Waals surface area (Å²) in [5.74, 6) is 0.597. The Hall–Kier alpha value is -1.69. The fraction of sp³-hybridized carbons (Fsp3) is 0.375. The summed E-state index contributed by atoms with van der Waals surface area (Å²) >= 11 is 0. The molecule has 2 N–H and O–H groups in total. The third-order valence-electron chi connectivity index (χ3n) is 1.89. The number of hydrogen-bond donors (Lipinski definition) is 1. The molecular formula is C8H11N5O. The van der Waals surface area contributed by atoms with Gasteiger partial charge >= 0.3 is 0 Å². The van der Waals surface area contributed by atoms with Crippen LogP contribution >= 0.6 is 0 Å². The molecule has 2 aromatic rings. The maximum atomic E-state index is 5.90. The van der Waals surface area contributed by atoms with Gasteiger partial charge < -0.3 is 10.2 Å². The fourth-order valence-corrected chi connectivity index (χ4v) is 1.18.